The first-order valence-electron chi connectivity index (χ1n) is 10.2. The fourth-order valence-corrected chi connectivity index (χ4v) is 6.59. The Kier molecular flexibility index (Phi) is 5.28. The highest BCUT2D eigenvalue weighted by molar-refractivity contribution is 7.91. The van der Waals surface area contributed by atoms with Crippen LogP contribution < -0.4 is 4.57 Å². The van der Waals surface area contributed by atoms with Crippen LogP contribution in [0.25, 0.3) is 0 Å². The van der Waals surface area contributed by atoms with E-state index in [2.05, 4.69) is 16.7 Å². The summed E-state index contributed by atoms with van der Waals surface area (Å²) in [6.45, 7) is 6.34. The number of nitrogens with zero attached hydrogens (tertiary/aromatic N) is 1. The van der Waals surface area contributed by atoms with E-state index in [1.165, 1.54) is 0 Å². The molecule has 0 saturated heterocycles. The molecule has 1 aliphatic rings. The second kappa shape index (κ2) is 7.64. The Hall–Kier alpha value is -2.50. The van der Waals surface area contributed by atoms with E-state index in [0.29, 0.717) is 17.0 Å². The standard InChI is InChI=1S/C25H28NO3S/c1-18-10-11-22-21(14-18)23(24(27)25(2,3)17-30(22,28)29)20-9-7-8-19(15-20)16-26-12-5-4-6-13-26/h4-15,23-24,27H,16-17H2,1-3H3/q+1/t23-,24-/m1/s1. The maximum atomic E-state index is 13.1. The van der Waals surface area contributed by atoms with Crippen molar-refractivity contribution in [2.45, 2.75) is 44.2 Å². The van der Waals surface area contributed by atoms with Crippen molar-refractivity contribution >= 4 is 9.84 Å². The molecule has 2 atom stereocenters. The molecule has 4 nitrogen and oxygen atoms in total. The van der Waals surface area contributed by atoms with Gasteiger partial charge in [-0.2, -0.15) is 0 Å². The summed E-state index contributed by atoms with van der Waals surface area (Å²) in [5, 5.41) is 11.4. The van der Waals surface area contributed by atoms with Crippen molar-refractivity contribution in [2.75, 3.05) is 5.75 Å². The summed E-state index contributed by atoms with van der Waals surface area (Å²) in [5.41, 5.74) is 2.94. The lowest BCUT2D eigenvalue weighted by molar-refractivity contribution is -0.688. The molecule has 2 heterocycles. The first-order valence-corrected chi connectivity index (χ1v) is 11.9. The molecule has 1 aromatic heterocycles. The average molecular weight is 423 g/mol. The second-order valence-corrected chi connectivity index (χ2v) is 11.0. The molecule has 4 rings (SSSR count). The number of rotatable bonds is 3. The first kappa shape index (κ1) is 20.8. The normalized spacial score (nSPS) is 22.1. The number of aryl methyl sites for hydroxylation is 1. The van der Waals surface area contributed by atoms with E-state index in [1.807, 2.05) is 75.6 Å². The molecular weight excluding hydrogens is 394 g/mol. The Balaban J connectivity index is 1.86. The van der Waals surface area contributed by atoms with E-state index in [9.17, 15) is 13.5 Å². The largest absolute Gasteiger partial charge is 0.392 e. The van der Waals surface area contributed by atoms with Gasteiger partial charge in [-0.15, -0.1) is 0 Å². The predicted molar refractivity (Wildman–Crippen MR) is 117 cm³/mol. The fourth-order valence-electron chi connectivity index (χ4n) is 4.47. The van der Waals surface area contributed by atoms with Gasteiger partial charge in [0.15, 0.2) is 28.8 Å². The number of aromatic nitrogens is 1. The van der Waals surface area contributed by atoms with Crippen LogP contribution in [0, 0.1) is 12.3 Å². The van der Waals surface area contributed by atoms with Crippen LogP contribution in [0.1, 0.15) is 42.0 Å². The number of hydrogen-bond donors (Lipinski definition) is 1. The molecule has 0 amide bonds. The van der Waals surface area contributed by atoms with Crippen molar-refractivity contribution in [1.82, 2.24) is 0 Å². The lowest BCUT2D eigenvalue weighted by atomic mass is 9.75. The van der Waals surface area contributed by atoms with E-state index < -0.39 is 27.3 Å². The predicted octanol–water partition coefficient (Wildman–Crippen LogP) is 3.64. The van der Waals surface area contributed by atoms with Gasteiger partial charge in [-0.3, -0.25) is 0 Å². The lowest BCUT2D eigenvalue weighted by Crippen LogP contribution is -2.38. The summed E-state index contributed by atoms with van der Waals surface area (Å²) < 4.78 is 28.4. The number of fused-ring (bicyclic) bond motifs is 1. The average Bonchev–Trinajstić information content (AvgIpc) is 2.73. The molecule has 0 unspecified atom stereocenters. The van der Waals surface area contributed by atoms with E-state index in [0.717, 1.165) is 16.7 Å². The van der Waals surface area contributed by atoms with Crippen LogP contribution in [-0.2, 0) is 16.4 Å². The summed E-state index contributed by atoms with van der Waals surface area (Å²) >= 11 is 0. The lowest BCUT2D eigenvalue weighted by Gasteiger charge is -2.33. The van der Waals surface area contributed by atoms with Gasteiger partial charge in [-0.25, -0.2) is 13.0 Å². The molecule has 30 heavy (non-hydrogen) atoms. The van der Waals surface area contributed by atoms with Crippen molar-refractivity contribution < 1.29 is 18.1 Å². The number of benzene rings is 2. The van der Waals surface area contributed by atoms with Gasteiger partial charge < -0.3 is 5.11 Å². The van der Waals surface area contributed by atoms with Gasteiger partial charge in [-0.05, 0) is 30.2 Å². The summed E-state index contributed by atoms with van der Waals surface area (Å²) in [6.07, 6.45) is 3.21. The van der Waals surface area contributed by atoms with E-state index in [4.69, 9.17) is 0 Å². The number of sulfone groups is 1. The zero-order valence-electron chi connectivity index (χ0n) is 17.6. The summed E-state index contributed by atoms with van der Waals surface area (Å²) in [4.78, 5) is 0.338. The van der Waals surface area contributed by atoms with E-state index in [1.54, 1.807) is 6.07 Å². The zero-order valence-corrected chi connectivity index (χ0v) is 18.4. The second-order valence-electron chi connectivity index (χ2n) is 9.00. The van der Waals surface area contributed by atoms with Gasteiger partial charge in [0.25, 0.3) is 0 Å². The van der Waals surface area contributed by atoms with Crippen molar-refractivity contribution in [2.24, 2.45) is 5.41 Å². The van der Waals surface area contributed by atoms with Crippen LogP contribution in [0.15, 0.2) is 78.0 Å². The molecule has 0 saturated carbocycles. The zero-order chi connectivity index (χ0) is 21.5. The van der Waals surface area contributed by atoms with Crippen LogP contribution in [0.3, 0.4) is 0 Å². The first-order chi connectivity index (χ1) is 14.2. The minimum Gasteiger partial charge on any atom is -0.392 e. The molecule has 0 bridgehead atoms. The third-order valence-corrected chi connectivity index (χ3v) is 8.13. The van der Waals surface area contributed by atoms with Crippen LogP contribution in [0.5, 0.6) is 0 Å². The minimum atomic E-state index is -3.50. The van der Waals surface area contributed by atoms with Gasteiger partial charge in [0.2, 0.25) is 0 Å². The maximum absolute atomic E-state index is 13.1. The third kappa shape index (κ3) is 3.92. The molecule has 0 radical (unpaired) electrons. The molecule has 0 fully saturated rings. The van der Waals surface area contributed by atoms with E-state index in [-0.39, 0.29) is 5.75 Å². The molecule has 0 spiro atoms. The van der Waals surface area contributed by atoms with Crippen molar-refractivity contribution in [3.05, 3.63) is 95.3 Å². The smallest absolute Gasteiger partial charge is 0.179 e. The van der Waals surface area contributed by atoms with Crippen molar-refractivity contribution in [1.29, 1.82) is 0 Å². The topological polar surface area (TPSA) is 58.2 Å². The highest BCUT2D eigenvalue weighted by atomic mass is 32.2. The molecule has 156 valence electrons. The van der Waals surface area contributed by atoms with Crippen LogP contribution >= 0.6 is 0 Å². The Morgan fingerprint density at radius 1 is 1.03 bits per heavy atom. The Morgan fingerprint density at radius 3 is 2.50 bits per heavy atom. The highest BCUT2D eigenvalue weighted by Gasteiger charge is 2.44. The number of aliphatic hydroxyl groups is 1. The quantitative estimate of drug-likeness (QED) is 0.656. The molecule has 5 heteroatoms. The molecule has 1 aliphatic heterocycles. The Labute approximate surface area is 178 Å². The maximum Gasteiger partial charge on any atom is 0.179 e. The SMILES string of the molecule is Cc1ccc2c(c1)[C@@H](c1cccc(C[n+]3ccccc3)c1)[C@@H](O)C(C)(C)CS2(=O)=O. The van der Waals surface area contributed by atoms with Crippen LogP contribution in [0.2, 0.25) is 0 Å². The number of hydrogen-bond acceptors (Lipinski definition) is 3. The monoisotopic (exact) mass is 422 g/mol. The molecule has 0 aliphatic carbocycles. The Bertz CT molecular complexity index is 1170. The van der Waals surface area contributed by atoms with Crippen molar-refractivity contribution in [3.8, 4) is 0 Å². The molecule has 1 N–H and O–H groups in total. The van der Waals surface area contributed by atoms with Gasteiger partial charge in [0.05, 0.1) is 16.8 Å². The number of pyridine rings is 1. The third-order valence-electron chi connectivity index (χ3n) is 5.97. The molecular formula is C25H28NO3S+. The van der Waals surface area contributed by atoms with Crippen LogP contribution in [-0.4, -0.2) is 25.4 Å². The minimum absolute atomic E-state index is 0.0761. The highest BCUT2D eigenvalue weighted by Crippen LogP contribution is 2.44. The van der Waals surface area contributed by atoms with E-state index >= 15 is 0 Å². The summed E-state index contributed by atoms with van der Waals surface area (Å²) in [5.74, 6) is -0.485. The van der Waals surface area contributed by atoms with Gasteiger partial charge >= 0.3 is 0 Å². The fraction of sp³-hybridized carbons (Fsp3) is 0.320. The van der Waals surface area contributed by atoms with Crippen molar-refractivity contribution in [3.63, 3.8) is 0 Å². The number of aliphatic hydroxyl groups excluding tert-OH is 1. The van der Waals surface area contributed by atoms with Crippen LogP contribution in [0.4, 0.5) is 0 Å². The Morgan fingerprint density at radius 2 is 1.77 bits per heavy atom. The van der Waals surface area contributed by atoms with Gasteiger partial charge in [0, 0.05) is 29.0 Å². The molecule has 2 aromatic carbocycles. The summed E-state index contributed by atoms with van der Waals surface area (Å²) in [7, 11) is -3.50. The van der Waals surface area contributed by atoms with Gasteiger partial charge in [-0.1, -0.05) is 55.8 Å². The summed E-state index contributed by atoms with van der Waals surface area (Å²) in [6, 6.07) is 19.6. The molecule has 3 aromatic rings. The van der Waals surface area contributed by atoms with Gasteiger partial charge in [0.1, 0.15) is 0 Å².